The maximum Gasteiger partial charge on any atom is 0.274 e. The van der Waals surface area contributed by atoms with Gasteiger partial charge in [-0.2, -0.15) is 14.0 Å². The Morgan fingerprint density at radius 1 is 0.815 bits per heavy atom. The van der Waals surface area contributed by atoms with E-state index in [9.17, 15) is 14.0 Å². The summed E-state index contributed by atoms with van der Waals surface area (Å²) in [5, 5.41) is 12.4. The van der Waals surface area contributed by atoms with E-state index in [-0.39, 0.29) is 12.0 Å². The van der Waals surface area contributed by atoms with E-state index in [1.54, 1.807) is 24.3 Å². The molecular weight excluding hydrogens is 342 g/mol. The summed E-state index contributed by atoms with van der Waals surface area (Å²) in [6, 6.07) is 27.1. The molecule has 1 atom stereocenters. The number of halogens is 2. The van der Waals surface area contributed by atoms with Gasteiger partial charge in [0.1, 0.15) is 6.04 Å². The lowest BCUT2D eigenvalue weighted by Crippen LogP contribution is -2.17. The molecule has 0 fully saturated rings. The molecule has 0 bridgehead atoms. The highest BCUT2D eigenvalue weighted by Crippen LogP contribution is 2.29. The number of hydrogen-bond donors (Lipinski definition) is 1. The van der Waals surface area contributed by atoms with Crippen LogP contribution in [-0.2, 0) is 0 Å². The maximum atomic E-state index is 13.6. The molecule has 3 aromatic carbocycles. The first-order valence-corrected chi connectivity index (χ1v) is 8.58. The van der Waals surface area contributed by atoms with Crippen LogP contribution in [0.4, 0.5) is 14.5 Å². The van der Waals surface area contributed by atoms with Gasteiger partial charge in [-0.05, 0) is 28.8 Å². The summed E-state index contributed by atoms with van der Waals surface area (Å²) in [7, 11) is 0. The average molecular weight is 360 g/mol. The predicted octanol–water partition coefficient (Wildman–Crippen LogP) is 6.36. The number of anilines is 1. The lowest BCUT2D eigenvalue weighted by Gasteiger charge is -2.15. The molecule has 4 heteroatoms. The van der Waals surface area contributed by atoms with Gasteiger partial charge in [-0.25, -0.2) is 0 Å². The van der Waals surface area contributed by atoms with Crippen molar-refractivity contribution in [2.75, 3.05) is 5.32 Å². The number of hydrogen-bond acceptors (Lipinski definition) is 2. The van der Waals surface area contributed by atoms with Crippen molar-refractivity contribution in [2.24, 2.45) is 0 Å². The van der Waals surface area contributed by atoms with Crippen molar-refractivity contribution in [1.29, 1.82) is 5.26 Å². The van der Waals surface area contributed by atoms with Gasteiger partial charge in [-0.1, -0.05) is 72.8 Å². The van der Waals surface area contributed by atoms with Gasteiger partial charge in [0, 0.05) is 17.7 Å². The van der Waals surface area contributed by atoms with E-state index in [0.717, 1.165) is 16.8 Å². The lowest BCUT2D eigenvalue weighted by atomic mass is 9.97. The average Bonchev–Trinajstić information content (AvgIpc) is 2.72. The van der Waals surface area contributed by atoms with Crippen molar-refractivity contribution in [1.82, 2.24) is 0 Å². The largest absolute Gasteiger partial charge is 0.370 e. The smallest absolute Gasteiger partial charge is 0.274 e. The quantitative estimate of drug-likeness (QED) is 0.555. The zero-order valence-electron chi connectivity index (χ0n) is 14.6. The number of nitriles is 1. The molecule has 0 aromatic heterocycles. The third-order valence-electron chi connectivity index (χ3n) is 4.25. The Labute approximate surface area is 157 Å². The fourth-order valence-electron chi connectivity index (χ4n) is 2.87. The molecule has 0 spiro atoms. The fourth-order valence-corrected chi connectivity index (χ4v) is 2.87. The SMILES string of the molecule is N#CC(CC(=C(F)F)c1ccc(-c2ccccc2)cc1)Nc1ccccc1. The molecule has 2 nitrogen and oxygen atoms in total. The standard InChI is InChI=1S/C23H18F2N2/c24-23(25)22(15-21(16-26)27-20-9-5-2-6-10-20)19-13-11-18(12-14-19)17-7-3-1-4-8-17/h1-14,21,27H,15H2. The summed E-state index contributed by atoms with van der Waals surface area (Å²) in [6.45, 7) is 0. The van der Waals surface area contributed by atoms with E-state index in [1.165, 1.54) is 0 Å². The Morgan fingerprint density at radius 3 is 1.93 bits per heavy atom. The monoisotopic (exact) mass is 360 g/mol. The number of nitrogens with one attached hydrogen (secondary N) is 1. The van der Waals surface area contributed by atoms with Crippen molar-refractivity contribution in [3.8, 4) is 17.2 Å². The van der Waals surface area contributed by atoms with Crippen molar-refractivity contribution in [3.63, 3.8) is 0 Å². The van der Waals surface area contributed by atoms with Crippen LogP contribution in [0.5, 0.6) is 0 Å². The highest BCUT2D eigenvalue weighted by atomic mass is 19.3. The van der Waals surface area contributed by atoms with Gasteiger partial charge in [0.25, 0.3) is 6.08 Å². The molecule has 3 aromatic rings. The van der Waals surface area contributed by atoms with E-state index < -0.39 is 12.1 Å². The van der Waals surface area contributed by atoms with Crippen LogP contribution in [0.1, 0.15) is 12.0 Å². The highest BCUT2D eigenvalue weighted by molar-refractivity contribution is 5.71. The van der Waals surface area contributed by atoms with Crippen molar-refractivity contribution < 1.29 is 8.78 Å². The van der Waals surface area contributed by atoms with Crippen LogP contribution in [-0.4, -0.2) is 6.04 Å². The van der Waals surface area contributed by atoms with Gasteiger partial charge < -0.3 is 5.32 Å². The summed E-state index contributed by atoms with van der Waals surface area (Å²) in [6.07, 6.45) is -1.85. The van der Waals surface area contributed by atoms with E-state index in [4.69, 9.17) is 0 Å². The van der Waals surface area contributed by atoms with Crippen LogP contribution in [0.25, 0.3) is 16.7 Å². The summed E-state index contributed by atoms with van der Waals surface area (Å²) in [5.41, 5.74) is 3.00. The van der Waals surface area contributed by atoms with E-state index >= 15 is 0 Å². The van der Waals surface area contributed by atoms with Gasteiger partial charge >= 0.3 is 0 Å². The summed E-state index contributed by atoms with van der Waals surface area (Å²) in [4.78, 5) is 0. The van der Waals surface area contributed by atoms with Crippen LogP contribution >= 0.6 is 0 Å². The maximum absolute atomic E-state index is 13.6. The van der Waals surface area contributed by atoms with Gasteiger partial charge in [0.2, 0.25) is 0 Å². The van der Waals surface area contributed by atoms with Crippen LogP contribution in [0, 0.1) is 11.3 Å². The van der Waals surface area contributed by atoms with E-state index in [1.807, 2.05) is 60.7 Å². The van der Waals surface area contributed by atoms with Crippen LogP contribution in [0.2, 0.25) is 0 Å². The first-order chi connectivity index (χ1) is 13.2. The highest BCUT2D eigenvalue weighted by Gasteiger charge is 2.17. The number of para-hydroxylation sites is 1. The molecule has 134 valence electrons. The zero-order valence-corrected chi connectivity index (χ0v) is 14.6. The molecule has 0 aliphatic rings. The summed E-state index contributed by atoms with van der Waals surface area (Å²) >= 11 is 0. The second kappa shape index (κ2) is 8.77. The molecule has 3 rings (SSSR count). The lowest BCUT2D eigenvalue weighted by molar-refractivity contribution is 0.422. The number of benzene rings is 3. The Balaban J connectivity index is 1.79. The Bertz CT molecular complexity index is 939. The van der Waals surface area contributed by atoms with Gasteiger partial charge in [-0.15, -0.1) is 0 Å². The van der Waals surface area contributed by atoms with Gasteiger partial charge in [-0.3, -0.25) is 0 Å². The third-order valence-corrected chi connectivity index (χ3v) is 4.25. The molecule has 0 amide bonds. The molecule has 0 heterocycles. The Morgan fingerprint density at radius 2 is 1.37 bits per heavy atom. The number of nitrogens with zero attached hydrogens (tertiary/aromatic N) is 1. The van der Waals surface area contributed by atoms with Crippen LogP contribution in [0.3, 0.4) is 0 Å². The minimum atomic E-state index is -1.77. The molecule has 0 aliphatic carbocycles. The van der Waals surface area contributed by atoms with Gasteiger partial charge in [0.15, 0.2) is 0 Å². The Kier molecular flexibility index (Phi) is 5.96. The van der Waals surface area contributed by atoms with E-state index in [0.29, 0.717) is 5.56 Å². The summed E-state index contributed by atoms with van der Waals surface area (Å²) < 4.78 is 27.2. The molecular formula is C23H18F2N2. The molecule has 1 unspecified atom stereocenters. The molecule has 0 aliphatic heterocycles. The Hall–Kier alpha value is -3.45. The predicted molar refractivity (Wildman–Crippen MR) is 105 cm³/mol. The zero-order chi connectivity index (χ0) is 19.1. The minimum Gasteiger partial charge on any atom is -0.370 e. The topological polar surface area (TPSA) is 35.8 Å². The van der Waals surface area contributed by atoms with Crippen LogP contribution in [0.15, 0.2) is 91.0 Å². The van der Waals surface area contributed by atoms with Crippen molar-refractivity contribution >= 4 is 11.3 Å². The minimum absolute atomic E-state index is 0.0849. The molecule has 0 saturated carbocycles. The first-order valence-electron chi connectivity index (χ1n) is 8.58. The second-order valence-corrected chi connectivity index (χ2v) is 6.08. The molecule has 0 radical (unpaired) electrons. The first kappa shape index (κ1) is 18.3. The second-order valence-electron chi connectivity index (χ2n) is 6.08. The molecule has 27 heavy (non-hydrogen) atoms. The normalized spacial score (nSPS) is 11.3. The van der Waals surface area contributed by atoms with Gasteiger partial charge in [0.05, 0.1) is 6.07 Å². The molecule has 1 N–H and O–H groups in total. The number of rotatable bonds is 6. The van der Waals surface area contributed by atoms with Crippen molar-refractivity contribution in [3.05, 3.63) is 96.6 Å². The van der Waals surface area contributed by atoms with Crippen LogP contribution < -0.4 is 5.32 Å². The fraction of sp³-hybridized carbons (Fsp3) is 0.0870. The third kappa shape index (κ3) is 4.80. The van der Waals surface area contributed by atoms with E-state index in [2.05, 4.69) is 11.4 Å². The summed E-state index contributed by atoms with van der Waals surface area (Å²) in [5.74, 6) is 0. The molecule has 0 saturated heterocycles. The van der Waals surface area contributed by atoms with Crippen molar-refractivity contribution in [2.45, 2.75) is 12.5 Å².